The van der Waals surface area contributed by atoms with E-state index in [4.69, 9.17) is 23.2 Å². The van der Waals surface area contributed by atoms with Crippen LogP contribution in [-0.4, -0.2) is 4.46 Å². The predicted molar refractivity (Wildman–Crippen MR) is 115 cm³/mol. The Morgan fingerprint density at radius 2 is 1.07 bits per heavy atom. The predicted octanol–water partition coefficient (Wildman–Crippen LogP) is 6.74. The Morgan fingerprint density at radius 3 is 1.70 bits per heavy atom. The van der Waals surface area contributed by atoms with E-state index in [2.05, 4.69) is 59.5 Å². The second-order valence-electron chi connectivity index (χ2n) is 6.82. The number of rotatable bonds is 3. The number of anilines is 1. The summed E-state index contributed by atoms with van der Waals surface area (Å²) in [4.78, 5) is 2.12. The van der Waals surface area contributed by atoms with Gasteiger partial charge in [-0.15, -0.1) is 0 Å². The summed E-state index contributed by atoms with van der Waals surface area (Å²) in [5, 5.41) is 2.31. The van der Waals surface area contributed by atoms with E-state index < -0.39 is 10.00 Å². The third kappa shape index (κ3) is 2.25. The smallest absolute Gasteiger partial charge is 0.223 e. The lowest BCUT2D eigenvalue weighted by Crippen LogP contribution is -2.19. The molecule has 132 valence electrons. The molecule has 5 rings (SSSR count). The van der Waals surface area contributed by atoms with Crippen LogP contribution in [0, 0.1) is 0 Å². The van der Waals surface area contributed by atoms with Crippen LogP contribution in [0.1, 0.15) is 11.1 Å². The summed E-state index contributed by atoms with van der Waals surface area (Å²) in [6.45, 7) is 0. The van der Waals surface area contributed by atoms with E-state index in [0.29, 0.717) is 0 Å². The molecule has 0 spiro atoms. The Bertz CT molecular complexity index is 1060. The van der Waals surface area contributed by atoms with Gasteiger partial charge in [-0.05, 0) is 22.6 Å². The Hall–Kier alpha value is -2.48. The lowest BCUT2D eigenvalue weighted by Gasteiger charge is -2.20. The zero-order valence-corrected chi connectivity index (χ0v) is 16.0. The van der Waals surface area contributed by atoms with E-state index in [-0.39, 0.29) is 0 Å². The molecule has 3 heteroatoms. The van der Waals surface area contributed by atoms with Crippen LogP contribution in [0.5, 0.6) is 0 Å². The molecule has 1 nitrogen and oxygen atoms in total. The van der Waals surface area contributed by atoms with Gasteiger partial charge in [-0.3, -0.25) is 0 Å². The highest BCUT2D eigenvalue weighted by Gasteiger charge is 2.76. The van der Waals surface area contributed by atoms with Gasteiger partial charge in [0.15, 0.2) is 0 Å². The SMILES string of the molecule is ClC1(Cl)N(c2cccc3ccccc23)C1(c1ccccc1)c1ccccc1. The standard InChI is InChI=1S/C24H17Cl2N/c25-24(26)23(19-12-3-1-4-13-19,20-14-5-2-6-15-20)27(24)22-17-9-11-18-10-7-8-16-21(18)22/h1-17H. The zero-order chi connectivity index (χ0) is 18.5. The molecule has 0 N–H and O–H groups in total. The molecule has 4 aromatic rings. The van der Waals surface area contributed by atoms with Crippen LogP contribution in [0.3, 0.4) is 0 Å². The summed E-state index contributed by atoms with van der Waals surface area (Å²) in [6, 6.07) is 35.1. The molecule has 0 aliphatic carbocycles. The van der Waals surface area contributed by atoms with Crippen LogP contribution in [-0.2, 0) is 5.54 Å². The van der Waals surface area contributed by atoms with Crippen molar-refractivity contribution in [2.75, 3.05) is 4.90 Å². The first-order valence-corrected chi connectivity index (χ1v) is 9.70. The minimum Gasteiger partial charge on any atom is -0.318 e. The van der Waals surface area contributed by atoms with Crippen molar-refractivity contribution in [3.63, 3.8) is 0 Å². The van der Waals surface area contributed by atoms with Crippen molar-refractivity contribution < 1.29 is 0 Å². The highest BCUT2D eigenvalue weighted by molar-refractivity contribution is 6.55. The largest absolute Gasteiger partial charge is 0.318 e. The first kappa shape index (κ1) is 16.7. The number of nitrogens with zero attached hydrogens (tertiary/aromatic N) is 1. The van der Waals surface area contributed by atoms with E-state index in [1.807, 2.05) is 48.5 Å². The van der Waals surface area contributed by atoms with Gasteiger partial charge in [0.25, 0.3) is 0 Å². The van der Waals surface area contributed by atoms with Crippen LogP contribution < -0.4 is 4.90 Å². The summed E-state index contributed by atoms with van der Waals surface area (Å²) < 4.78 is -1.08. The molecule has 0 amide bonds. The number of fused-ring (bicyclic) bond motifs is 1. The van der Waals surface area contributed by atoms with Gasteiger partial charge in [0.05, 0.1) is 0 Å². The summed E-state index contributed by atoms with van der Waals surface area (Å²) in [5.74, 6) is 0. The molecule has 0 bridgehead atoms. The van der Waals surface area contributed by atoms with E-state index in [1.165, 1.54) is 5.39 Å². The van der Waals surface area contributed by atoms with Gasteiger partial charge >= 0.3 is 0 Å². The van der Waals surface area contributed by atoms with Gasteiger partial charge in [0.1, 0.15) is 5.54 Å². The third-order valence-corrected chi connectivity index (χ3v) is 6.28. The molecular formula is C24H17Cl2N. The first-order chi connectivity index (χ1) is 13.2. The fourth-order valence-corrected chi connectivity index (χ4v) is 5.13. The van der Waals surface area contributed by atoms with Crippen molar-refractivity contribution >= 4 is 39.7 Å². The molecule has 0 atom stereocenters. The van der Waals surface area contributed by atoms with Crippen LogP contribution in [0.4, 0.5) is 5.69 Å². The minimum atomic E-state index is -1.08. The minimum absolute atomic E-state index is 0.636. The zero-order valence-electron chi connectivity index (χ0n) is 14.5. The first-order valence-electron chi connectivity index (χ1n) is 8.94. The van der Waals surface area contributed by atoms with Gasteiger partial charge < -0.3 is 4.90 Å². The second kappa shape index (κ2) is 6.02. The van der Waals surface area contributed by atoms with Gasteiger partial charge in [-0.25, -0.2) is 0 Å². The number of alkyl halides is 2. The summed E-state index contributed by atoms with van der Waals surface area (Å²) in [7, 11) is 0. The number of hydrogen-bond donors (Lipinski definition) is 0. The average molecular weight is 390 g/mol. The fraction of sp³-hybridized carbons (Fsp3) is 0.0833. The van der Waals surface area contributed by atoms with E-state index >= 15 is 0 Å². The van der Waals surface area contributed by atoms with E-state index in [9.17, 15) is 0 Å². The third-order valence-electron chi connectivity index (χ3n) is 5.39. The Labute approximate surface area is 168 Å². The number of hydrogen-bond acceptors (Lipinski definition) is 1. The molecule has 27 heavy (non-hydrogen) atoms. The van der Waals surface area contributed by atoms with Gasteiger partial charge in [0, 0.05) is 11.1 Å². The molecule has 0 aromatic heterocycles. The van der Waals surface area contributed by atoms with E-state index in [1.54, 1.807) is 0 Å². The fourth-order valence-electron chi connectivity index (χ4n) is 4.17. The molecular weight excluding hydrogens is 373 g/mol. The van der Waals surface area contributed by atoms with Crippen molar-refractivity contribution in [1.82, 2.24) is 0 Å². The average Bonchev–Trinajstić information content (AvgIpc) is 3.25. The molecule has 0 radical (unpaired) electrons. The summed E-state index contributed by atoms with van der Waals surface area (Å²) in [6.07, 6.45) is 0. The monoisotopic (exact) mass is 389 g/mol. The maximum absolute atomic E-state index is 7.03. The molecule has 4 aromatic carbocycles. The van der Waals surface area contributed by atoms with E-state index in [0.717, 1.165) is 22.2 Å². The van der Waals surface area contributed by atoms with Crippen molar-refractivity contribution in [2.24, 2.45) is 0 Å². The lowest BCUT2D eigenvalue weighted by molar-refractivity contribution is 0.829. The van der Waals surface area contributed by atoms with Gasteiger partial charge in [0.2, 0.25) is 4.46 Å². The maximum Gasteiger partial charge on any atom is 0.223 e. The van der Waals surface area contributed by atoms with Crippen molar-refractivity contribution in [1.29, 1.82) is 0 Å². The molecule has 1 fully saturated rings. The van der Waals surface area contributed by atoms with Crippen molar-refractivity contribution in [2.45, 2.75) is 10.00 Å². The van der Waals surface area contributed by atoms with Crippen LogP contribution in [0.15, 0.2) is 103 Å². The van der Waals surface area contributed by atoms with Gasteiger partial charge in [-0.1, -0.05) is 120 Å². The number of benzene rings is 4. The van der Waals surface area contributed by atoms with Crippen LogP contribution in [0.25, 0.3) is 10.8 Å². The van der Waals surface area contributed by atoms with Gasteiger partial charge in [-0.2, -0.15) is 0 Å². The summed E-state index contributed by atoms with van der Waals surface area (Å²) >= 11 is 14.1. The molecule has 1 saturated heterocycles. The summed E-state index contributed by atoms with van der Waals surface area (Å²) in [5.41, 5.74) is 2.55. The maximum atomic E-state index is 7.03. The van der Waals surface area contributed by atoms with Crippen molar-refractivity contribution in [3.8, 4) is 0 Å². The Morgan fingerprint density at radius 1 is 0.556 bits per heavy atom. The quantitative estimate of drug-likeness (QED) is 0.213. The molecule has 0 unspecified atom stereocenters. The number of halogens is 2. The molecule has 1 heterocycles. The lowest BCUT2D eigenvalue weighted by atomic mass is 9.90. The topological polar surface area (TPSA) is 3.01 Å². The Kier molecular flexibility index (Phi) is 3.72. The molecule has 1 aliphatic heterocycles. The second-order valence-corrected chi connectivity index (χ2v) is 8.10. The van der Waals surface area contributed by atoms with Crippen LogP contribution in [0.2, 0.25) is 0 Å². The van der Waals surface area contributed by atoms with Crippen molar-refractivity contribution in [3.05, 3.63) is 114 Å². The Balaban J connectivity index is 1.80. The molecule has 0 saturated carbocycles. The highest BCUT2D eigenvalue weighted by atomic mass is 35.5. The highest BCUT2D eigenvalue weighted by Crippen LogP contribution is 2.69. The van der Waals surface area contributed by atoms with Crippen LogP contribution >= 0.6 is 23.2 Å². The normalized spacial score (nSPS) is 17.0. The molecule has 1 aliphatic rings.